The molecular weight excluding hydrogens is 452 g/mol. The van der Waals surface area contributed by atoms with Crippen LogP contribution in [-0.4, -0.2) is 21.1 Å². The number of nitrogens with one attached hydrogen (secondary N) is 1. The molecule has 1 saturated heterocycles. The molecule has 166 valence electrons. The van der Waals surface area contributed by atoms with Crippen LogP contribution < -0.4 is 10.2 Å². The summed E-state index contributed by atoms with van der Waals surface area (Å²) in [5.74, 6) is -0.00297. The Kier molecular flexibility index (Phi) is 7.22. The van der Waals surface area contributed by atoms with Crippen molar-refractivity contribution in [2.24, 2.45) is 0 Å². The summed E-state index contributed by atoms with van der Waals surface area (Å²) in [6, 6.07) is 25.0. The summed E-state index contributed by atoms with van der Waals surface area (Å²) in [4.78, 5) is 25.8. The molecule has 0 aliphatic carbocycles. The Morgan fingerprint density at radius 3 is 2.45 bits per heavy atom. The molecule has 0 atom stereocenters. The number of nitrogens with zero attached hydrogens (tertiary/aromatic N) is 1. The molecule has 0 unspecified atom stereocenters. The number of hydrogen-bond acceptors (Lipinski definition) is 5. The van der Waals surface area contributed by atoms with E-state index in [-0.39, 0.29) is 22.6 Å². The van der Waals surface area contributed by atoms with E-state index in [1.807, 2.05) is 85.8 Å². The molecule has 7 heteroatoms. The van der Waals surface area contributed by atoms with E-state index in [9.17, 15) is 9.59 Å². The van der Waals surface area contributed by atoms with Gasteiger partial charge in [-0.15, -0.1) is 0 Å². The molecule has 0 aromatic heterocycles. The van der Waals surface area contributed by atoms with Gasteiger partial charge in [-0.1, -0.05) is 90.1 Å². The quantitative estimate of drug-likeness (QED) is 0.384. The first-order chi connectivity index (χ1) is 16.0. The molecule has 33 heavy (non-hydrogen) atoms. The van der Waals surface area contributed by atoms with Gasteiger partial charge >= 0.3 is 0 Å². The third kappa shape index (κ3) is 5.88. The molecule has 3 aromatic rings. The van der Waals surface area contributed by atoms with Gasteiger partial charge in [0.25, 0.3) is 5.91 Å². The molecule has 4 rings (SSSR count). The summed E-state index contributed by atoms with van der Waals surface area (Å²) in [6.07, 6.45) is 1.90. The fourth-order valence-electron chi connectivity index (χ4n) is 3.23. The number of carbonyl (C=O) groups excluding carboxylic acids is 2. The summed E-state index contributed by atoms with van der Waals surface area (Å²) >= 11 is 6.48. The first-order valence-corrected chi connectivity index (χ1v) is 11.6. The minimum atomic E-state index is -0.361. The number of aryl methyl sites for hydroxylation is 1. The van der Waals surface area contributed by atoms with E-state index in [4.69, 9.17) is 17.0 Å². The average Bonchev–Trinajstić information content (AvgIpc) is 3.07. The first kappa shape index (κ1) is 22.8. The number of rotatable bonds is 7. The van der Waals surface area contributed by atoms with Crippen LogP contribution in [0, 0.1) is 6.92 Å². The lowest BCUT2D eigenvalue weighted by Crippen LogP contribution is -2.45. The maximum Gasteiger partial charge on any atom is 0.285 e. The lowest BCUT2D eigenvalue weighted by atomic mass is 10.1. The second-order valence-electron chi connectivity index (χ2n) is 7.53. The lowest BCUT2D eigenvalue weighted by Gasteiger charge is -2.15. The van der Waals surface area contributed by atoms with Gasteiger partial charge in [0.05, 0.1) is 11.3 Å². The van der Waals surface area contributed by atoms with Gasteiger partial charge in [-0.3, -0.25) is 15.0 Å². The molecule has 3 aromatic carbocycles. The van der Waals surface area contributed by atoms with Crippen LogP contribution in [0.5, 0.6) is 5.75 Å². The summed E-state index contributed by atoms with van der Waals surface area (Å²) in [5.41, 5.74) is 6.49. The molecule has 1 fully saturated rings. The van der Waals surface area contributed by atoms with Crippen molar-refractivity contribution in [2.45, 2.75) is 20.0 Å². The van der Waals surface area contributed by atoms with Gasteiger partial charge in [0, 0.05) is 5.56 Å². The SMILES string of the molecule is Cc1ccc(COc2ccccc2/C=C2\SC(=S)N(NC(=O)Cc3ccccc3)C2=O)cc1. The highest BCUT2D eigenvalue weighted by Gasteiger charge is 2.33. The maximum absolute atomic E-state index is 12.9. The summed E-state index contributed by atoms with van der Waals surface area (Å²) in [7, 11) is 0. The third-order valence-corrected chi connectivity index (χ3v) is 6.26. The Morgan fingerprint density at radius 1 is 1.00 bits per heavy atom. The first-order valence-electron chi connectivity index (χ1n) is 10.4. The lowest BCUT2D eigenvalue weighted by molar-refractivity contribution is -0.132. The largest absolute Gasteiger partial charge is 0.488 e. The Morgan fingerprint density at radius 2 is 1.70 bits per heavy atom. The predicted molar refractivity (Wildman–Crippen MR) is 135 cm³/mol. The molecule has 0 bridgehead atoms. The summed E-state index contributed by atoms with van der Waals surface area (Å²) < 4.78 is 6.29. The number of hydrogen-bond donors (Lipinski definition) is 1. The van der Waals surface area contributed by atoms with Crippen molar-refractivity contribution in [3.8, 4) is 5.75 Å². The van der Waals surface area contributed by atoms with Crippen LogP contribution >= 0.6 is 24.0 Å². The fraction of sp³-hybridized carbons (Fsp3) is 0.115. The number of thiocarbonyl (C=S) groups is 1. The van der Waals surface area contributed by atoms with E-state index in [1.165, 1.54) is 5.56 Å². The number of amides is 2. The van der Waals surface area contributed by atoms with Gasteiger partial charge in [0.1, 0.15) is 12.4 Å². The third-order valence-electron chi connectivity index (χ3n) is 4.96. The zero-order chi connectivity index (χ0) is 23.2. The smallest absolute Gasteiger partial charge is 0.285 e. The van der Waals surface area contributed by atoms with Crippen molar-refractivity contribution in [2.75, 3.05) is 0 Å². The van der Waals surface area contributed by atoms with Gasteiger partial charge < -0.3 is 4.74 Å². The highest BCUT2D eigenvalue weighted by Crippen LogP contribution is 2.33. The van der Waals surface area contributed by atoms with Crippen LogP contribution in [0.1, 0.15) is 22.3 Å². The molecule has 0 saturated carbocycles. The normalized spacial score (nSPS) is 14.6. The van der Waals surface area contributed by atoms with Crippen LogP contribution in [0.4, 0.5) is 0 Å². The number of ether oxygens (including phenoxy) is 1. The van der Waals surface area contributed by atoms with Gasteiger partial charge in [-0.05, 0) is 42.4 Å². The van der Waals surface area contributed by atoms with Gasteiger partial charge in [-0.25, -0.2) is 0 Å². The Labute approximate surface area is 202 Å². The van der Waals surface area contributed by atoms with Gasteiger partial charge in [0.2, 0.25) is 5.91 Å². The monoisotopic (exact) mass is 474 g/mol. The topological polar surface area (TPSA) is 58.6 Å². The minimum Gasteiger partial charge on any atom is -0.488 e. The van der Waals surface area contributed by atoms with E-state index in [2.05, 4.69) is 5.43 Å². The van der Waals surface area contributed by atoms with Crippen LogP contribution in [-0.2, 0) is 22.6 Å². The Bertz CT molecular complexity index is 1210. The highest BCUT2D eigenvalue weighted by atomic mass is 32.2. The number of carbonyl (C=O) groups is 2. The zero-order valence-electron chi connectivity index (χ0n) is 18.0. The number of hydrazine groups is 1. The average molecular weight is 475 g/mol. The van der Waals surface area contributed by atoms with Crippen LogP contribution in [0.3, 0.4) is 0 Å². The van der Waals surface area contributed by atoms with E-state index in [0.717, 1.165) is 33.5 Å². The molecular formula is C26H22N2O3S2. The van der Waals surface area contributed by atoms with Crippen molar-refractivity contribution >= 4 is 46.2 Å². The zero-order valence-corrected chi connectivity index (χ0v) is 19.6. The molecule has 0 radical (unpaired) electrons. The molecule has 5 nitrogen and oxygen atoms in total. The molecule has 1 N–H and O–H groups in total. The van der Waals surface area contributed by atoms with Crippen molar-refractivity contribution in [1.82, 2.24) is 10.4 Å². The van der Waals surface area contributed by atoms with Crippen molar-refractivity contribution in [3.05, 3.63) is 106 Å². The van der Waals surface area contributed by atoms with Gasteiger partial charge in [-0.2, -0.15) is 5.01 Å². The number of para-hydroxylation sites is 1. The second-order valence-corrected chi connectivity index (χ2v) is 9.20. The Balaban J connectivity index is 1.45. The van der Waals surface area contributed by atoms with E-state index >= 15 is 0 Å². The fourth-order valence-corrected chi connectivity index (χ4v) is 4.40. The summed E-state index contributed by atoms with van der Waals surface area (Å²) in [5, 5.41) is 1.13. The minimum absolute atomic E-state index is 0.159. The van der Waals surface area contributed by atoms with Crippen molar-refractivity contribution in [1.29, 1.82) is 0 Å². The van der Waals surface area contributed by atoms with Crippen LogP contribution in [0.25, 0.3) is 6.08 Å². The second kappa shape index (κ2) is 10.5. The number of benzene rings is 3. The maximum atomic E-state index is 12.9. The molecule has 1 aliphatic heterocycles. The predicted octanol–water partition coefficient (Wildman–Crippen LogP) is 5.05. The van der Waals surface area contributed by atoms with Crippen LogP contribution in [0.15, 0.2) is 83.8 Å². The molecule has 1 heterocycles. The van der Waals surface area contributed by atoms with E-state index in [1.54, 1.807) is 6.08 Å². The van der Waals surface area contributed by atoms with Crippen LogP contribution in [0.2, 0.25) is 0 Å². The number of thioether (sulfide) groups is 1. The molecule has 0 spiro atoms. The van der Waals surface area contributed by atoms with Crippen molar-refractivity contribution in [3.63, 3.8) is 0 Å². The highest BCUT2D eigenvalue weighted by molar-refractivity contribution is 8.26. The van der Waals surface area contributed by atoms with Crippen molar-refractivity contribution < 1.29 is 14.3 Å². The van der Waals surface area contributed by atoms with Gasteiger partial charge in [0.15, 0.2) is 4.32 Å². The van der Waals surface area contributed by atoms with E-state index in [0.29, 0.717) is 17.3 Å². The summed E-state index contributed by atoms with van der Waals surface area (Å²) in [6.45, 7) is 2.46. The Hall–Kier alpha value is -3.42. The molecule has 1 aliphatic rings. The molecule has 2 amide bonds. The van der Waals surface area contributed by atoms with E-state index < -0.39 is 0 Å². The standard InChI is InChI=1S/C26H22N2O3S2/c1-18-11-13-20(14-12-18)17-31-22-10-6-5-9-21(22)16-23-25(30)28(26(32)33-23)27-24(29)15-19-7-3-2-4-8-19/h2-14,16H,15,17H2,1H3,(H,27,29)/b23-16-.